The predicted molar refractivity (Wildman–Crippen MR) is 83.5 cm³/mol. The van der Waals surface area contributed by atoms with Crippen molar-refractivity contribution in [2.45, 2.75) is 52.4 Å². The Kier molecular flexibility index (Phi) is 5.59. The van der Waals surface area contributed by atoms with E-state index < -0.39 is 0 Å². The fourth-order valence-electron chi connectivity index (χ4n) is 3.70. The van der Waals surface area contributed by atoms with Crippen LogP contribution in [-0.2, 0) is 0 Å². The molecule has 20 heavy (non-hydrogen) atoms. The highest BCUT2D eigenvalue weighted by Crippen LogP contribution is 2.42. The second kappa shape index (κ2) is 7.21. The van der Waals surface area contributed by atoms with E-state index in [1.807, 2.05) is 6.07 Å². The number of aryl methyl sites for hydroxylation is 1. The molecule has 112 valence electrons. The van der Waals surface area contributed by atoms with E-state index in [-0.39, 0.29) is 5.82 Å². The summed E-state index contributed by atoms with van der Waals surface area (Å²) in [5, 5.41) is 3.51. The van der Waals surface area contributed by atoms with Gasteiger partial charge in [0, 0.05) is 0 Å². The molecule has 0 heterocycles. The molecule has 1 aromatic rings. The van der Waals surface area contributed by atoms with Crippen LogP contribution in [0.15, 0.2) is 18.2 Å². The molecule has 2 heteroatoms. The van der Waals surface area contributed by atoms with Crippen molar-refractivity contribution < 1.29 is 4.39 Å². The van der Waals surface area contributed by atoms with Crippen LogP contribution in [0.4, 0.5) is 4.39 Å². The molecular weight excluding hydrogens is 249 g/mol. The molecule has 0 bridgehead atoms. The summed E-state index contributed by atoms with van der Waals surface area (Å²) in [6.07, 6.45) is 5.18. The van der Waals surface area contributed by atoms with Gasteiger partial charge in [0.05, 0.1) is 0 Å². The number of hydrogen-bond acceptors (Lipinski definition) is 1. The zero-order valence-corrected chi connectivity index (χ0v) is 13.1. The smallest absolute Gasteiger partial charge is 0.123 e. The first-order valence-corrected chi connectivity index (χ1v) is 8.12. The van der Waals surface area contributed by atoms with Gasteiger partial charge in [-0.2, -0.15) is 0 Å². The Morgan fingerprint density at radius 3 is 2.70 bits per heavy atom. The van der Waals surface area contributed by atoms with Gasteiger partial charge in [0.2, 0.25) is 0 Å². The number of nitrogens with one attached hydrogen (secondary N) is 1. The maximum Gasteiger partial charge on any atom is 0.123 e. The van der Waals surface area contributed by atoms with Crippen molar-refractivity contribution in [3.05, 3.63) is 35.1 Å². The van der Waals surface area contributed by atoms with Gasteiger partial charge in [0.25, 0.3) is 0 Å². The molecule has 1 aliphatic carbocycles. The van der Waals surface area contributed by atoms with Crippen LogP contribution in [0.1, 0.15) is 56.6 Å². The number of hydrogen-bond donors (Lipinski definition) is 1. The molecular formula is C18H28FN. The highest BCUT2D eigenvalue weighted by Gasteiger charge is 2.31. The number of benzene rings is 1. The summed E-state index contributed by atoms with van der Waals surface area (Å²) in [7, 11) is 0. The van der Waals surface area contributed by atoms with Crippen molar-refractivity contribution >= 4 is 0 Å². The van der Waals surface area contributed by atoms with E-state index in [0.717, 1.165) is 24.6 Å². The predicted octanol–water partition coefficient (Wildman–Crippen LogP) is 4.65. The zero-order valence-electron chi connectivity index (χ0n) is 13.1. The second-order valence-corrected chi connectivity index (χ2v) is 6.26. The number of rotatable bonds is 5. The lowest BCUT2D eigenvalue weighted by atomic mass is 9.69. The molecule has 1 aliphatic rings. The van der Waals surface area contributed by atoms with E-state index in [2.05, 4.69) is 26.1 Å². The molecule has 0 amide bonds. The van der Waals surface area contributed by atoms with Gasteiger partial charge >= 0.3 is 0 Å². The minimum Gasteiger partial charge on any atom is -0.317 e. The van der Waals surface area contributed by atoms with Crippen molar-refractivity contribution in [3.63, 3.8) is 0 Å². The third kappa shape index (κ3) is 3.60. The monoisotopic (exact) mass is 277 g/mol. The van der Waals surface area contributed by atoms with Crippen molar-refractivity contribution in [2.24, 2.45) is 11.8 Å². The molecule has 1 N–H and O–H groups in total. The fourth-order valence-corrected chi connectivity index (χ4v) is 3.70. The maximum atomic E-state index is 13.3. The van der Waals surface area contributed by atoms with E-state index in [0.29, 0.717) is 11.8 Å². The van der Waals surface area contributed by atoms with Crippen LogP contribution in [-0.4, -0.2) is 13.1 Å². The highest BCUT2D eigenvalue weighted by molar-refractivity contribution is 5.31. The molecule has 0 aromatic heterocycles. The minimum atomic E-state index is -0.114. The molecule has 3 atom stereocenters. The van der Waals surface area contributed by atoms with E-state index in [1.165, 1.54) is 31.2 Å². The van der Waals surface area contributed by atoms with Crippen LogP contribution in [0.5, 0.6) is 0 Å². The van der Waals surface area contributed by atoms with Gasteiger partial charge in [-0.25, -0.2) is 4.39 Å². The Bertz CT molecular complexity index is 429. The molecule has 0 saturated heterocycles. The summed E-state index contributed by atoms with van der Waals surface area (Å²) in [6.45, 7) is 8.63. The lowest BCUT2D eigenvalue weighted by Gasteiger charge is -2.37. The highest BCUT2D eigenvalue weighted by atomic mass is 19.1. The summed E-state index contributed by atoms with van der Waals surface area (Å²) < 4.78 is 13.3. The van der Waals surface area contributed by atoms with Crippen molar-refractivity contribution in [2.75, 3.05) is 13.1 Å². The first-order valence-electron chi connectivity index (χ1n) is 8.12. The second-order valence-electron chi connectivity index (χ2n) is 6.26. The van der Waals surface area contributed by atoms with Gasteiger partial charge in [-0.3, -0.25) is 0 Å². The average Bonchev–Trinajstić information content (AvgIpc) is 2.45. The van der Waals surface area contributed by atoms with E-state index >= 15 is 0 Å². The fraction of sp³-hybridized carbons (Fsp3) is 0.667. The molecule has 0 spiro atoms. The summed E-state index contributed by atoms with van der Waals surface area (Å²) in [5.41, 5.74) is 2.49. The quantitative estimate of drug-likeness (QED) is 0.826. The Hall–Kier alpha value is -0.890. The maximum absolute atomic E-state index is 13.3. The molecule has 0 aliphatic heterocycles. The molecule has 2 rings (SSSR count). The van der Waals surface area contributed by atoms with Crippen molar-refractivity contribution in [3.8, 4) is 0 Å². The standard InChI is InChI=1S/C18H28FN/c1-4-14-6-7-15(12-20-5-2)18(11-14)17-9-8-16(19)10-13(17)3/h8-10,14-15,18,20H,4-7,11-12H2,1-3H3. The lowest BCUT2D eigenvalue weighted by molar-refractivity contribution is 0.226. The normalized spacial score (nSPS) is 26.7. The molecule has 1 aromatic carbocycles. The van der Waals surface area contributed by atoms with Crippen LogP contribution in [0.3, 0.4) is 0 Å². The first kappa shape index (κ1) is 15.5. The van der Waals surface area contributed by atoms with Crippen LogP contribution in [0.25, 0.3) is 0 Å². The minimum absolute atomic E-state index is 0.114. The Labute approximate surface area is 123 Å². The largest absolute Gasteiger partial charge is 0.317 e. The third-order valence-corrected chi connectivity index (χ3v) is 4.97. The van der Waals surface area contributed by atoms with E-state index in [9.17, 15) is 4.39 Å². The summed E-state index contributed by atoms with van der Waals surface area (Å²) >= 11 is 0. The summed E-state index contributed by atoms with van der Waals surface area (Å²) in [5.74, 6) is 2.01. The van der Waals surface area contributed by atoms with E-state index in [4.69, 9.17) is 0 Å². The topological polar surface area (TPSA) is 12.0 Å². The van der Waals surface area contributed by atoms with Crippen LogP contribution in [0.2, 0.25) is 0 Å². The SMILES string of the molecule is CCNCC1CCC(CC)CC1c1ccc(F)cc1C. The zero-order chi connectivity index (χ0) is 14.5. The molecule has 0 radical (unpaired) electrons. The van der Waals surface area contributed by atoms with E-state index in [1.54, 1.807) is 12.1 Å². The van der Waals surface area contributed by atoms with Crippen molar-refractivity contribution in [1.82, 2.24) is 5.32 Å². The molecule has 1 saturated carbocycles. The van der Waals surface area contributed by atoms with Crippen LogP contribution in [0, 0.1) is 24.6 Å². The number of halogens is 1. The van der Waals surface area contributed by atoms with Gasteiger partial charge in [-0.1, -0.05) is 32.8 Å². The first-order chi connectivity index (χ1) is 9.65. The Morgan fingerprint density at radius 2 is 2.05 bits per heavy atom. The molecule has 3 unspecified atom stereocenters. The van der Waals surface area contributed by atoms with Crippen molar-refractivity contribution in [1.29, 1.82) is 0 Å². The van der Waals surface area contributed by atoms with Gasteiger partial charge in [0.15, 0.2) is 0 Å². The van der Waals surface area contributed by atoms with Gasteiger partial charge in [-0.05, 0) is 73.9 Å². The van der Waals surface area contributed by atoms with Gasteiger partial charge in [-0.15, -0.1) is 0 Å². The van der Waals surface area contributed by atoms with Crippen LogP contribution < -0.4 is 5.32 Å². The molecule has 1 fully saturated rings. The van der Waals surface area contributed by atoms with Gasteiger partial charge in [0.1, 0.15) is 5.82 Å². The van der Waals surface area contributed by atoms with Crippen LogP contribution >= 0.6 is 0 Å². The lowest BCUT2D eigenvalue weighted by Crippen LogP contribution is -2.32. The Balaban J connectivity index is 2.21. The third-order valence-electron chi connectivity index (χ3n) is 4.97. The molecule has 1 nitrogen and oxygen atoms in total. The summed E-state index contributed by atoms with van der Waals surface area (Å²) in [6, 6.07) is 5.34. The van der Waals surface area contributed by atoms with Gasteiger partial charge < -0.3 is 5.32 Å². The average molecular weight is 277 g/mol. The summed E-state index contributed by atoms with van der Waals surface area (Å²) in [4.78, 5) is 0. The Morgan fingerprint density at radius 1 is 1.25 bits per heavy atom.